The van der Waals surface area contributed by atoms with E-state index in [0.717, 1.165) is 0 Å². The molecule has 0 saturated carbocycles. The van der Waals surface area contributed by atoms with Gasteiger partial charge in [-0.05, 0) is 24.6 Å². The first-order valence-corrected chi connectivity index (χ1v) is 6.28. The van der Waals surface area contributed by atoms with Crippen LogP contribution in [0.1, 0.15) is 12.0 Å². The van der Waals surface area contributed by atoms with Crippen molar-refractivity contribution < 1.29 is 9.53 Å². The number of hydrogen-bond donors (Lipinski definition) is 2. The van der Waals surface area contributed by atoms with Gasteiger partial charge in [0, 0.05) is 18.7 Å². The highest BCUT2D eigenvalue weighted by Crippen LogP contribution is 2.21. The second-order valence-corrected chi connectivity index (χ2v) is 4.78. The number of halogens is 1. The number of anilines is 1. The standard InChI is InChI=1S/C13H14ClN3O2/c1-19-10-5-12(16-7-10)13(18)17-11-4-9(14)3-2-8(11)6-15/h2-4,10,12,16H,5,7H2,1H3,(H,17,18). The number of ether oxygens (including phenoxy) is 1. The van der Waals surface area contributed by atoms with Crippen molar-refractivity contribution in [3.8, 4) is 6.07 Å². The molecule has 0 bridgehead atoms. The summed E-state index contributed by atoms with van der Waals surface area (Å²) < 4.78 is 5.19. The Bertz CT molecular complexity index is 527. The molecule has 1 heterocycles. The maximum atomic E-state index is 12.1. The molecule has 1 aromatic carbocycles. The number of carbonyl (C=O) groups is 1. The number of nitrogens with one attached hydrogen (secondary N) is 2. The fourth-order valence-corrected chi connectivity index (χ4v) is 2.19. The molecule has 0 radical (unpaired) electrons. The van der Waals surface area contributed by atoms with E-state index in [-0.39, 0.29) is 18.1 Å². The van der Waals surface area contributed by atoms with Crippen LogP contribution in [0.5, 0.6) is 0 Å². The summed E-state index contributed by atoms with van der Waals surface area (Å²) in [7, 11) is 1.62. The molecule has 0 spiro atoms. The zero-order valence-corrected chi connectivity index (χ0v) is 11.2. The third kappa shape index (κ3) is 3.24. The van der Waals surface area contributed by atoms with E-state index in [0.29, 0.717) is 29.2 Å². The van der Waals surface area contributed by atoms with Crippen LogP contribution in [0.25, 0.3) is 0 Å². The molecular formula is C13H14ClN3O2. The van der Waals surface area contributed by atoms with Crippen molar-refractivity contribution in [3.63, 3.8) is 0 Å². The first kappa shape index (κ1) is 13.8. The minimum absolute atomic E-state index is 0.0468. The van der Waals surface area contributed by atoms with Gasteiger partial charge in [-0.25, -0.2) is 0 Å². The van der Waals surface area contributed by atoms with E-state index in [1.165, 1.54) is 0 Å². The maximum absolute atomic E-state index is 12.1. The quantitative estimate of drug-likeness (QED) is 0.880. The van der Waals surface area contributed by atoms with E-state index in [2.05, 4.69) is 10.6 Å². The normalized spacial score (nSPS) is 21.9. The smallest absolute Gasteiger partial charge is 0.241 e. The van der Waals surface area contributed by atoms with E-state index in [4.69, 9.17) is 21.6 Å². The second-order valence-electron chi connectivity index (χ2n) is 4.35. The van der Waals surface area contributed by atoms with Crippen LogP contribution in [-0.2, 0) is 9.53 Å². The van der Waals surface area contributed by atoms with E-state index in [9.17, 15) is 4.79 Å². The minimum Gasteiger partial charge on any atom is -0.380 e. The van der Waals surface area contributed by atoms with Gasteiger partial charge in [0.15, 0.2) is 0 Å². The number of rotatable bonds is 3. The number of methoxy groups -OCH3 is 1. The fourth-order valence-electron chi connectivity index (χ4n) is 2.02. The number of benzene rings is 1. The predicted molar refractivity (Wildman–Crippen MR) is 72.0 cm³/mol. The molecule has 1 saturated heterocycles. The van der Waals surface area contributed by atoms with Gasteiger partial charge in [0.2, 0.25) is 5.91 Å². The third-order valence-electron chi connectivity index (χ3n) is 3.10. The summed E-state index contributed by atoms with van der Waals surface area (Å²) in [6.07, 6.45) is 0.663. The molecule has 6 heteroatoms. The zero-order chi connectivity index (χ0) is 13.8. The summed E-state index contributed by atoms with van der Waals surface area (Å²) >= 11 is 5.87. The van der Waals surface area contributed by atoms with Gasteiger partial charge in [0.25, 0.3) is 0 Å². The molecule has 1 aliphatic heterocycles. The van der Waals surface area contributed by atoms with Gasteiger partial charge in [0.05, 0.1) is 23.4 Å². The fraction of sp³-hybridized carbons (Fsp3) is 0.385. The lowest BCUT2D eigenvalue weighted by molar-refractivity contribution is -0.118. The SMILES string of the molecule is COC1CNC(C(=O)Nc2cc(Cl)ccc2C#N)C1. The minimum atomic E-state index is -0.310. The Labute approximate surface area is 116 Å². The Balaban J connectivity index is 2.07. The van der Waals surface area contributed by atoms with Crippen LogP contribution >= 0.6 is 11.6 Å². The molecule has 0 aliphatic carbocycles. The molecule has 5 nitrogen and oxygen atoms in total. The topological polar surface area (TPSA) is 74.2 Å². The molecule has 19 heavy (non-hydrogen) atoms. The first-order valence-electron chi connectivity index (χ1n) is 5.90. The average Bonchev–Trinajstić information content (AvgIpc) is 2.88. The maximum Gasteiger partial charge on any atom is 0.241 e. The highest BCUT2D eigenvalue weighted by atomic mass is 35.5. The van der Waals surface area contributed by atoms with Crippen LogP contribution in [0.3, 0.4) is 0 Å². The second kappa shape index (κ2) is 6.02. The lowest BCUT2D eigenvalue weighted by atomic mass is 10.1. The van der Waals surface area contributed by atoms with Gasteiger partial charge in [-0.15, -0.1) is 0 Å². The third-order valence-corrected chi connectivity index (χ3v) is 3.34. The number of nitriles is 1. The Morgan fingerprint density at radius 2 is 2.42 bits per heavy atom. The molecule has 1 aromatic rings. The van der Waals surface area contributed by atoms with Gasteiger partial charge in [-0.2, -0.15) is 5.26 Å². The summed E-state index contributed by atoms with van der Waals surface area (Å²) in [5.74, 6) is -0.182. The Morgan fingerprint density at radius 3 is 3.05 bits per heavy atom. The van der Waals surface area contributed by atoms with Gasteiger partial charge < -0.3 is 15.4 Å². The number of nitrogens with zero attached hydrogens (tertiary/aromatic N) is 1. The first-order chi connectivity index (χ1) is 9.13. The monoisotopic (exact) mass is 279 g/mol. The van der Waals surface area contributed by atoms with Crippen molar-refractivity contribution >= 4 is 23.2 Å². The van der Waals surface area contributed by atoms with Crippen molar-refractivity contribution in [2.24, 2.45) is 0 Å². The van der Waals surface area contributed by atoms with E-state index < -0.39 is 0 Å². The summed E-state index contributed by atoms with van der Waals surface area (Å²) in [5.41, 5.74) is 0.821. The van der Waals surface area contributed by atoms with Crippen LogP contribution in [0, 0.1) is 11.3 Å². The zero-order valence-electron chi connectivity index (χ0n) is 10.4. The highest BCUT2D eigenvalue weighted by molar-refractivity contribution is 6.31. The van der Waals surface area contributed by atoms with Crippen molar-refractivity contribution in [3.05, 3.63) is 28.8 Å². The van der Waals surface area contributed by atoms with Crippen molar-refractivity contribution in [2.75, 3.05) is 19.0 Å². The molecule has 1 fully saturated rings. The molecule has 100 valence electrons. The van der Waals surface area contributed by atoms with Crippen molar-refractivity contribution in [2.45, 2.75) is 18.6 Å². The van der Waals surface area contributed by atoms with Gasteiger partial charge in [0.1, 0.15) is 6.07 Å². The van der Waals surface area contributed by atoms with Gasteiger partial charge in [-0.1, -0.05) is 11.6 Å². The van der Waals surface area contributed by atoms with E-state index >= 15 is 0 Å². The number of hydrogen-bond acceptors (Lipinski definition) is 4. The number of carbonyl (C=O) groups excluding carboxylic acids is 1. The van der Waals surface area contributed by atoms with Crippen LogP contribution in [-0.4, -0.2) is 31.7 Å². The summed E-state index contributed by atoms with van der Waals surface area (Å²) in [6, 6.07) is 6.48. The Hall–Kier alpha value is -1.61. The lowest BCUT2D eigenvalue weighted by Crippen LogP contribution is -2.35. The van der Waals surface area contributed by atoms with Crippen LogP contribution in [0.15, 0.2) is 18.2 Å². The molecule has 2 unspecified atom stereocenters. The summed E-state index contributed by atoms with van der Waals surface area (Å²) in [5, 5.41) is 15.3. The Morgan fingerprint density at radius 1 is 1.63 bits per heavy atom. The van der Waals surface area contributed by atoms with Crippen molar-refractivity contribution in [1.82, 2.24) is 5.32 Å². The average molecular weight is 280 g/mol. The molecule has 2 atom stereocenters. The largest absolute Gasteiger partial charge is 0.380 e. The van der Waals surface area contributed by atoms with E-state index in [1.54, 1.807) is 25.3 Å². The lowest BCUT2D eigenvalue weighted by Gasteiger charge is -2.12. The molecule has 0 aromatic heterocycles. The highest BCUT2D eigenvalue weighted by Gasteiger charge is 2.29. The van der Waals surface area contributed by atoms with Crippen LogP contribution < -0.4 is 10.6 Å². The Kier molecular flexibility index (Phi) is 4.38. The predicted octanol–water partition coefficient (Wildman–Crippen LogP) is 1.53. The molecule has 1 amide bonds. The molecular weight excluding hydrogens is 266 g/mol. The van der Waals surface area contributed by atoms with Crippen LogP contribution in [0.2, 0.25) is 5.02 Å². The molecule has 2 rings (SSSR count). The van der Waals surface area contributed by atoms with Crippen molar-refractivity contribution in [1.29, 1.82) is 5.26 Å². The number of amides is 1. The van der Waals surface area contributed by atoms with Gasteiger partial charge >= 0.3 is 0 Å². The van der Waals surface area contributed by atoms with Gasteiger partial charge in [-0.3, -0.25) is 4.79 Å². The summed E-state index contributed by atoms with van der Waals surface area (Å²) in [6.45, 7) is 0.648. The summed E-state index contributed by atoms with van der Waals surface area (Å²) in [4.78, 5) is 12.1. The van der Waals surface area contributed by atoms with Crippen LogP contribution in [0.4, 0.5) is 5.69 Å². The molecule has 2 N–H and O–H groups in total. The molecule has 1 aliphatic rings. The van der Waals surface area contributed by atoms with E-state index in [1.807, 2.05) is 6.07 Å².